The number of methoxy groups -OCH3 is 2. The second-order valence-corrected chi connectivity index (χ2v) is 10.1. The van der Waals surface area contributed by atoms with Gasteiger partial charge in [0.2, 0.25) is 0 Å². The maximum Gasteiger partial charge on any atom is 0.309 e. The smallest absolute Gasteiger partial charge is 0.309 e. The fraction of sp³-hybridized carbons (Fsp3) is 0.414. The Morgan fingerprint density at radius 2 is 1.89 bits per heavy atom. The van der Waals surface area contributed by atoms with E-state index in [4.69, 9.17) is 18.7 Å². The van der Waals surface area contributed by atoms with Gasteiger partial charge in [-0.1, -0.05) is 17.3 Å². The van der Waals surface area contributed by atoms with E-state index in [0.717, 1.165) is 11.1 Å². The van der Waals surface area contributed by atoms with Crippen LogP contribution in [0.3, 0.4) is 0 Å². The third-order valence-electron chi connectivity index (χ3n) is 7.94. The number of aryl methyl sites for hydroxylation is 1. The summed E-state index contributed by atoms with van der Waals surface area (Å²) < 4.78 is 36.2. The van der Waals surface area contributed by atoms with Crippen LogP contribution < -0.4 is 9.64 Å². The van der Waals surface area contributed by atoms with E-state index in [1.165, 1.54) is 24.1 Å². The molecule has 2 heterocycles. The summed E-state index contributed by atoms with van der Waals surface area (Å²) in [5.74, 6) is -0.345. The highest BCUT2D eigenvalue weighted by Gasteiger charge is 2.56. The number of halogens is 1. The first-order valence-corrected chi connectivity index (χ1v) is 12.6. The van der Waals surface area contributed by atoms with Crippen LogP contribution in [0.2, 0.25) is 0 Å². The molecule has 5 rings (SSSR count). The SMILES string of the molecule is COC(=O)[C@H]1CC[C@@]2(C[C@@H](c3cc(N(C)C(=O)c4cc(C)on4)ccc3OC)CO2)[C@@H]1c1ccc(F)cc1. The second-order valence-electron chi connectivity index (χ2n) is 10.1. The molecule has 0 radical (unpaired) electrons. The normalized spacial score (nSPS) is 24.5. The molecule has 9 heteroatoms. The van der Waals surface area contributed by atoms with Gasteiger partial charge in [-0.3, -0.25) is 9.59 Å². The lowest BCUT2D eigenvalue weighted by atomic mass is 9.76. The lowest BCUT2D eigenvalue weighted by Crippen LogP contribution is -2.35. The molecule has 2 aliphatic rings. The van der Waals surface area contributed by atoms with Crippen molar-refractivity contribution in [3.05, 3.63) is 76.9 Å². The first-order valence-electron chi connectivity index (χ1n) is 12.6. The zero-order valence-corrected chi connectivity index (χ0v) is 21.9. The number of aromatic nitrogens is 1. The third-order valence-corrected chi connectivity index (χ3v) is 7.94. The summed E-state index contributed by atoms with van der Waals surface area (Å²) in [6.45, 7) is 2.16. The lowest BCUT2D eigenvalue weighted by Gasteiger charge is -2.33. The number of ether oxygens (including phenoxy) is 3. The Kier molecular flexibility index (Phi) is 6.96. The summed E-state index contributed by atoms with van der Waals surface area (Å²) in [5, 5.41) is 3.84. The number of rotatable bonds is 6. The summed E-state index contributed by atoms with van der Waals surface area (Å²) in [4.78, 5) is 27.2. The Hall–Kier alpha value is -3.72. The van der Waals surface area contributed by atoms with Crippen LogP contribution in [0, 0.1) is 18.7 Å². The van der Waals surface area contributed by atoms with Crippen LogP contribution >= 0.6 is 0 Å². The van der Waals surface area contributed by atoms with Crippen molar-refractivity contribution in [1.82, 2.24) is 5.16 Å². The number of benzene rings is 2. The second kappa shape index (κ2) is 10.2. The van der Waals surface area contributed by atoms with E-state index < -0.39 is 5.60 Å². The maximum absolute atomic E-state index is 13.7. The molecule has 1 spiro atoms. The van der Waals surface area contributed by atoms with Gasteiger partial charge in [-0.25, -0.2) is 4.39 Å². The van der Waals surface area contributed by atoms with Crippen molar-refractivity contribution >= 4 is 17.6 Å². The standard InChI is InChI=1S/C29H31FN2O6/c1-17-13-24(31-38-17)27(33)32(2)21-9-10-25(35-3)23(14-21)19-15-29(37-16-19)12-11-22(28(34)36-4)26(29)18-5-7-20(30)8-6-18/h5-10,13-14,19,22,26H,11-12,15-16H2,1-4H3/t19-,22+,26-,29-/m1/s1. The van der Waals surface area contributed by atoms with E-state index in [0.29, 0.717) is 43.1 Å². The molecule has 3 aromatic rings. The van der Waals surface area contributed by atoms with E-state index in [1.54, 1.807) is 39.3 Å². The van der Waals surface area contributed by atoms with Gasteiger partial charge in [0.25, 0.3) is 5.91 Å². The van der Waals surface area contributed by atoms with Gasteiger partial charge in [0, 0.05) is 36.2 Å². The van der Waals surface area contributed by atoms with Gasteiger partial charge < -0.3 is 23.6 Å². The highest BCUT2D eigenvalue weighted by Crippen LogP contribution is 2.57. The molecular weight excluding hydrogens is 491 g/mol. The quantitative estimate of drug-likeness (QED) is 0.420. The molecule has 38 heavy (non-hydrogen) atoms. The van der Waals surface area contributed by atoms with Gasteiger partial charge in [-0.05, 0) is 62.1 Å². The van der Waals surface area contributed by atoms with Crippen LogP contribution in [0.25, 0.3) is 0 Å². The summed E-state index contributed by atoms with van der Waals surface area (Å²) >= 11 is 0. The van der Waals surface area contributed by atoms with Crippen molar-refractivity contribution in [3.63, 3.8) is 0 Å². The number of carbonyl (C=O) groups excluding carboxylic acids is 2. The first-order chi connectivity index (χ1) is 18.3. The minimum Gasteiger partial charge on any atom is -0.496 e. The molecule has 4 atom stereocenters. The molecular formula is C29H31FN2O6. The summed E-state index contributed by atoms with van der Waals surface area (Å²) in [6.07, 6.45) is 1.94. The van der Waals surface area contributed by atoms with Crippen molar-refractivity contribution < 1.29 is 32.7 Å². The fourth-order valence-corrected chi connectivity index (χ4v) is 6.10. The van der Waals surface area contributed by atoms with Crippen LogP contribution in [0.15, 0.2) is 53.1 Å². The average Bonchev–Trinajstić information content (AvgIpc) is 3.66. The topological polar surface area (TPSA) is 91.1 Å². The largest absolute Gasteiger partial charge is 0.496 e. The van der Waals surface area contributed by atoms with Gasteiger partial charge in [0.15, 0.2) is 5.69 Å². The van der Waals surface area contributed by atoms with E-state index in [9.17, 15) is 14.0 Å². The monoisotopic (exact) mass is 522 g/mol. The highest BCUT2D eigenvalue weighted by atomic mass is 19.1. The predicted octanol–water partition coefficient (Wildman–Crippen LogP) is 5.02. The summed E-state index contributed by atoms with van der Waals surface area (Å²) in [5.41, 5.74) is 2.07. The molecule has 2 fully saturated rings. The molecule has 1 aliphatic heterocycles. The number of carbonyl (C=O) groups is 2. The predicted molar refractivity (Wildman–Crippen MR) is 137 cm³/mol. The zero-order valence-electron chi connectivity index (χ0n) is 21.9. The van der Waals surface area contributed by atoms with Gasteiger partial charge in [0.05, 0.1) is 32.3 Å². The van der Waals surface area contributed by atoms with Crippen LogP contribution in [-0.2, 0) is 14.3 Å². The lowest BCUT2D eigenvalue weighted by molar-refractivity contribution is -0.146. The summed E-state index contributed by atoms with van der Waals surface area (Å²) in [6, 6.07) is 13.5. The van der Waals surface area contributed by atoms with Crippen molar-refractivity contribution in [1.29, 1.82) is 0 Å². The van der Waals surface area contributed by atoms with E-state index >= 15 is 0 Å². The van der Waals surface area contributed by atoms with Crippen molar-refractivity contribution in [2.75, 3.05) is 32.8 Å². The Bertz CT molecular complexity index is 1340. The third kappa shape index (κ3) is 4.55. The first kappa shape index (κ1) is 25.9. The number of amides is 1. The molecule has 1 amide bonds. The number of esters is 1. The van der Waals surface area contributed by atoms with Crippen LogP contribution in [-0.4, -0.2) is 50.5 Å². The molecule has 200 valence electrons. The Labute approximate surface area is 220 Å². The maximum atomic E-state index is 13.7. The number of hydrogen-bond acceptors (Lipinski definition) is 7. The Morgan fingerprint density at radius 3 is 2.55 bits per heavy atom. The van der Waals surface area contributed by atoms with Crippen LogP contribution in [0.1, 0.15) is 58.5 Å². The van der Waals surface area contributed by atoms with E-state index in [1.807, 2.05) is 18.2 Å². The molecule has 1 aromatic heterocycles. The molecule has 8 nitrogen and oxygen atoms in total. The number of nitrogens with zero attached hydrogens (tertiary/aromatic N) is 2. The van der Waals surface area contributed by atoms with Crippen LogP contribution in [0.5, 0.6) is 5.75 Å². The number of anilines is 1. The van der Waals surface area contributed by atoms with Gasteiger partial charge >= 0.3 is 5.97 Å². The van der Waals surface area contributed by atoms with E-state index in [2.05, 4.69) is 5.16 Å². The molecule has 0 N–H and O–H groups in total. The van der Waals surface area contributed by atoms with Crippen LogP contribution in [0.4, 0.5) is 10.1 Å². The minimum atomic E-state index is -0.609. The average molecular weight is 523 g/mol. The van der Waals surface area contributed by atoms with Crippen molar-refractivity contribution in [2.45, 2.75) is 43.6 Å². The molecule has 0 unspecified atom stereocenters. The van der Waals surface area contributed by atoms with Gasteiger partial charge in [0.1, 0.15) is 17.3 Å². The number of hydrogen-bond donors (Lipinski definition) is 0. The van der Waals surface area contributed by atoms with Gasteiger partial charge in [-0.2, -0.15) is 0 Å². The van der Waals surface area contributed by atoms with E-state index in [-0.39, 0.29) is 41.1 Å². The molecule has 1 saturated carbocycles. The minimum absolute atomic E-state index is 0.0398. The fourth-order valence-electron chi connectivity index (χ4n) is 6.10. The van der Waals surface area contributed by atoms with Crippen molar-refractivity contribution in [3.8, 4) is 5.75 Å². The van der Waals surface area contributed by atoms with Gasteiger partial charge in [-0.15, -0.1) is 0 Å². The Balaban J connectivity index is 1.46. The highest BCUT2D eigenvalue weighted by molar-refractivity contribution is 6.04. The molecule has 0 bridgehead atoms. The molecule has 2 aromatic carbocycles. The zero-order chi connectivity index (χ0) is 27.0. The summed E-state index contributed by atoms with van der Waals surface area (Å²) in [7, 11) is 4.69. The Morgan fingerprint density at radius 1 is 1.13 bits per heavy atom. The van der Waals surface area contributed by atoms with Crippen molar-refractivity contribution in [2.24, 2.45) is 5.92 Å². The molecule has 1 aliphatic carbocycles. The molecule has 1 saturated heterocycles.